The van der Waals surface area contributed by atoms with E-state index in [2.05, 4.69) is 25.3 Å². The Morgan fingerprint density at radius 3 is 2.66 bits per heavy atom. The van der Waals surface area contributed by atoms with Gasteiger partial charge in [0.2, 0.25) is 5.82 Å². The second-order valence-corrected chi connectivity index (χ2v) is 9.62. The van der Waals surface area contributed by atoms with E-state index in [9.17, 15) is 10.1 Å². The van der Waals surface area contributed by atoms with Crippen molar-refractivity contribution in [3.63, 3.8) is 0 Å². The van der Waals surface area contributed by atoms with Gasteiger partial charge in [0.05, 0.1) is 6.33 Å². The molecule has 3 rings (SSSR count). The molecule has 1 fully saturated rings. The van der Waals surface area contributed by atoms with Crippen molar-refractivity contribution in [1.29, 1.82) is 5.26 Å². The topological polar surface area (TPSA) is 112 Å². The maximum Gasteiger partial charge on any atom is 0.426 e. The molecule has 1 aliphatic rings. The van der Waals surface area contributed by atoms with Crippen LogP contribution in [0.25, 0.3) is 11.2 Å². The molecule has 10 heteroatoms. The molecule has 2 heterocycles. The summed E-state index contributed by atoms with van der Waals surface area (Å²) < 4.78 is 7.41. The van der Waals surface area contributed by atoms with Crippen LogP contribution in [0.15, 0.2) is 6.33 Å². The predicted molar refractivity (Wildman–Crippen MR) is 122 cm³/mol. The molecule has 0 saturated heterocycles. The average molecular weight is 443 g/mol. The summed E-state index contributed by atoms with van der Waals surface area (Å²) in [5, 5.41) is 11.2. The number of aromatic nitrogens is 4. The predicted octanol–water partition coefficient (Wildman–Crippen LogP) is 3.09. The Morgan fingerprint density at radius 1 is 1.31 bits per heavy atom. The zero-order chi connectivity index (χ0) is 23.3. The van der Waals surface area contributed by atoms with E-state index in [1.807, 2.05) is 45.5 Å². The number of aryl methyl sites for hydroxylation is 1. The van der Waals surface area contributed by atoms with E-state index in [0.717, 1.165) is 32.4 Å². The summed E-state index contributed by atoms with van der Waals surface area (Å²) in [6, 6.07) is 2.05. The molecule has 0 atom stereocenters. The third-order valence-corrected chi connectivity index (χ3v) is 5.35. The van der Waals surface area contributed by atoms with Gasteiger partial charge in [0, 0.05) is 13.1 Å². The van der Waals surface area contributed by atoms with Crippen molar-refractivity contribution in [2.45, 2.75) is 65.0 Å². The van der Waals surface area contributed by atoms with Crippen molar-refractivity contribution in [1.82, 2.24) is 29.8 Å². The first-order valence-corrected chi connectivity index (χ1v) is 11.2. The van der Waals surface area contributed by atoms with E-state index in [1.165, 1.54) is 12.8 Å². The van der Waals surface area contributed by atoms with E-state index in [0.29, 0.717) is 29.4 Å². The van der Waals surface area contributed by atoms with Crippen LogP contribution in [0.1, 0.15) is 58.7 Å². The fourth-order valence-electron chi connectivity index (χ4n) is 3.94. The normalized spacial score (nSPS) is 14.7. The molecule has 2 aromatic heterocycles. The lowest BCUT2D eigenvalue weighted by molar-refractivity contribution is 0.0518. The lowest BCUT2D eigenvalue weighted by Crippen LogP contribution is -2.47. The molecule has 0 aliphatic heterocycles. The number of imidazole rings is 1. The first-order chi connectivity index (χ1) is 15.2. The van der Waals surface area contributed by atoms with Gasteiger partial charge in [-0.25, -0.2) is 15.2 Å². The van der Waals surface area contributed by atoms with Crippen LogP contribution in [0.5, 0.6) is 0 Å². The molecular weight excluding hydrogens is 408 g/mol. The number of carbonyl (C=O) groups excluding carboxylic acids is 1. The Balaban J connectivity index is 1.95. The summed E-state index contributed by atoms with van der Waals surface area (Å²) in [4.78, 5) is 28.1. The van der Waals surface area contributed by atoms with Crippen molar-refractivity contribution in [3.8, 4) is 6.07 Å². The van der Waals surface area contributed by atoms with Gasteiger partial charge in [0.25, 0.3) is 0 Å². The fourth-order valence-corrected chi connectivity index (χ4v) is 3.94. The highest BCUT2D eigenvalue weighted by atomic mass is 16.6. The number of nitrogens with one attached hydrogen (secondary N) is 1. The fraction of sp³-hybridized carbons (Fsp3) is 0.682. The smallest absolute Gasteiger partial charge is 0.426 e. The second-order valence-electron chi connectivity index (χ2n) is 9.62. The second kappa shape index (κ2) is 10.1. The number of anilines is 1. The number of rotatable bonds is 8. The molecule has 32 heavy (non-hydrogen) atoms. The number of hydrogen-bond donors (Lipinski definition) is 1. The number of carbonyl (C=O) groups is 1. The molecule has 0 bridgehead atoms. The van der Waals surface area contributed by atoms with Gasteiger partial charge in [-0.3, -0.25) is 5.01 Å². The van der Waals surface area contributed by atoms with E-state index in [-0.39, 0.29) is 5.82 Å². The SMILES string of the molecule is CN(C)CCCn1cnc2c(N(CC3CCCC3)NC(=O)OC(C)(C)C)nc(C#N)nc21. The van der Waals surface area contributed by atoms with Crippen LogP contribution in [-0.2, 0) is 11.3 Å². The molecule has 10 nitrogen and oxygen atoms in total. The third kappa shape index (κ3) is 6.29. The lowest BCUT2D eigenvalue weighted by atomic mass is 10.1. The van der Waals surface area contributed by atoms with Gasteiger partial charge >= 0.3 is 6.09 Å². The van der Waals surface area contributed by atoms with Crippen LogP contribution >= 0.6 is 0 Å². The summed E-state index contributed by atoms with van der Waals surface area (Å²) in [5.74, 6) is 0.891. The Bertz CT molecular complexity index is 967. The molecule has 0 unspecified atom stereocenters. The van der Waals surface area contributed by atoms with Crippen LogP contribution < -0.4 is 10.4 Å². The Hall–Kier alpha value is -2.93. The number of nitrogens with zero attached hydrogens (tertiary/aromatic N) is 7. The monoisotopic (exact) mass is 442 g/mol. The number of nitriles is 1. The number of fused-ring (bicyclic) bond motifs is 1. The number of amides is 1. The van der Waals surface area contributed by atoms with Gasteiger partial charge in [-0.1, -0.05) is 12.8 Å². The minimum atomic E-state index is -0.629. The summed E-state index contributed by atoms with van der Waals surface area (Å²) in [5.41, 5.74) is 3.36. The van der Waals surface area contributed by atoms with Crippen LogP contribution in [0.3, 0.4) is 0 Å². The van der Waals surface area contributed by atoms with Crippen LogP contribution in [-0.4, -0.2) is 63.3 Å². The zero-order valence-electron chi connectivity index (χ0n) is 19.8. The minimum absolute atomic E-state index is 0.0456. The maximum absolute atomic E-state index is 12.6. The number of ether oxygens (including phenoxy) is 1. The molecule has 1 amide bonds. The van der Waals surface area contributed by atoms with E-state index < -0.39 is 11.7 Å². The van der Waals surface area contributed by atoms with Gasteiger partial charge < -0.3 is 14.2 Å². The van der Waals surface area contributed by atoms with Crippen molar-refractivity contribution in [3.05, 3.63) is 12.2 Å². The molecule has 174 valence electrons. The highest BCUT2D eigenvalue weighted by molar-refractivity contribution is 5.85. The van der Waals surface area contributed by atoms with Gasteiger partial charge in [0.15, 0.2) is 17.0 Å². The molecule has 0 spiro atoms. The molecule has 2 aromatic rings. The van der Waals surface area contributed by atoms with Gasteiger partial charge in [-0.2, -0.15) is 15.2 Å². The van der Waals surface area contributed by atoms with Crippen LogP contribution in [0.2, 0.25) is 0 Å². The highest BCUT2D eigenvalue weighted by Crippen LogP contribution is 2.29. The van der Waals surface area contributed by atoms with Gasteiger partial charge in [0.1, 0.15) is 11.7 Å². The molecule has 0 radical (unpaired) electrons. The molecule has 0 aromatic carbocycles. The largest absolute Gasteiger partial charge is 0.443 e. The third-order valence-electron chi connectivity index (χ3n) is 5.35. The molecule has 1 saturated carbocycles. The van der Waals surface area contributed by atoms with E-state index in [1.54, 1.807) is 11.3 Å². The van der Waals surface area contributed by atoms with Crippen molar-refractivity contribution in [2.75, 3.05) is 32.2 Å². The summed E-state index contributed by atoms with van der Waals surface area (Å²) in [7, 11) is 4.06. The Labute approximate surface area is 189 Å². The quantitative estimate of drug-likeness (QED) is 0.621. The standard InChI is InChI=1S/C22H34N8O2/c1-22(2,3)32-21(31)27-30(14-16-9-6-7-10-16)20-18-19(25-17(13-23)26-20)29(15-24-18)12-8-11-28(4)5/h15-16H,6-12,14H2,1-5H3,(H,27,31). The van der Waals surface area contributed by atoms with Crippen LogP contribution in [0, 0.1) is 17.2 Å². The lowest BCUT2D eigenvalue weighted by Gasteiger charge is -2.29. The summed E-state index contributed by atoms with van der Waals surface area (Å²) in [6.07, 6.45) is 6.60. The Kier molecular flexibility index (Phi) is 7.51. The average Bonchev–Trinajstić information content (AvgIpc) is 3.35. The van der Waals surface area contributed by atoms with Gasteiger partial charge in [-0.15, -0.1) is 0 Å². The van der Waals surface area contributed by atoms with Crippen molar-refractivity contribution < 1.29 is 9.53 Å². The summed E-state index contributed by atoms with van der Waals surface area (Å²) in [6.45, 7) is 7.68. The van der Waals surface area contributed by atoms with Crippen molar-refractivity contribution >= 4 is 23.1 Å². The van der Waals surface area contributed by atoms with E-state index >= 15 is 0 Å². The number of hydrazine groups is 1. The molecule has 1 aliphatic carbocycles. The zero-order valence-corrected chi connectivity index (χ0v) is 19.8. The highest BCUT2D eigenvalue weighted by Gasteiger charge is 2.26. The Morgan fingerprint density at radius 2 is 2.03 bits per heavy atom. The molecular formula is C22H34N8O2. The first kappa shape index (κ1) is 23.7. The van der Waals surface area contributed by atoms with Crippen molar-refractivity contribution in [2.24, 2.45) is 5.92 Å². The summed E-state index contributed by atoms with van der Waals surface area (Å²) >= 11 is 0. The van der Waals surface area contributed by atoms with Crippen LogP contribution in [0.4, 0.5) is 10.6 Å². The number of hydrogen-bond acceptors (Lipinski definition) is 8. The molecule has 1 N–H and O–H groups in total. The first-order valence-electron chi connectivity index (χ1n) is 11.2. The van der Waals surface area contributed by atoms with Gasteiger partial charge in [-0.05, 0) is 66.6 Å². The minimum Gasteiger partial charge on any atom is -0.443 e. The van der Waals surface area contributed by atoms with E-state index in [4.69, 9.17) is 4.74 Å². The maximum atomic E-state index is 12.6.